The van der Waals surface area contributed by atoms with Crippen LogP contribution in [0, 0.1) is 11.8 Å². The Morgan fingerprint density at radius 2 is 1.88 bits per heavy atom. The number of hydrogen-bond donors (Lipinski definition) is 2. The van der Waals surface area contributed by atoms with Crippen LogP contribution < -0.4 is 10.6 Å². The maximum absolute atomic E-state index is 13.8. The topological polar surface area (TPSA) is 87.7 Å². The van der Waals surface area contributed by atoms with E-state index in [4.69, 9.17) is 16.3 Å². The van der Waals surface area contributed by atoms with Crippen LogP contribution in [-0.2, 0) is 19.1 Å². The van der Waals surface area contributed by atoms with E-state index in [0.29, 0.717) is 17.1 Å². The third-order valence-corrected chi connectivity index (χ3v) is 8.24. The van der Waals surface area contributed by atoms with E-state index < -0.39 is 29.6 Å². The number of rotatable bonds is 6. The first-order chi connectivity index (χ1) is 16.4. The molecule has 1 aromatic carbocycles. The van der Waals surface area contributed by atoms with Gasteiger partial charge >= 0.3 is 0 Å². The molecule has 1 aliphatic carbocycles. The number of anilines is 1. The minimum Gasteiger partial charge on any atom is -0.359 e. The lowest BCUT2D eigenvalue weighted by Crippen LogP contribution is -2.58. The zero-order valence-electron chi connectivity index (χ0n) is 19.6. The summed E-state index contributed by atoms with van der Waals surface area (Å²) >= 11 is 5.96. The van der Waals surface area contributed by atoms with Crippen molar-refractivity contribution < 1.29 is 19.1 Å². The standard InChI is InChI=1S/C26H32ClN3O4/c1-3-15(2)30-22(24(32)29-17-7-5-4-6-8-17)26-14-13-19(34-26)20(21(26)25(30)33)23(31)28-18-11-9-16(27)10-12-18/h9-15,17,19-22H,3-8H2,1-2H3,(H,28,31)(H,29,32)/t15-,19+,20+,21+,22-,26-/m0/s1. The van der Waals surface area contributed by atoms with E-state index in [1.165, 1.54) is 6.42 Å². The van der Waals surface area contributed by atoms with Gasteiger partial charge in [0, 0.05) is 22.8 Å². The van der Waals surface area contributed by atoms with Gasteiger partial charge < -0.3 is 20.3 Å². The van der Waals surface area contributed by atoms with E-state index in [1.807, 2.05) is 26.0 Å². The van der Waals surface area contributed by atoms with Gasteiger partial charge in [-0.05, 0) is 50.5 Å². The fraction of sp³-hybridized carbons (Fsp3) is 0.577. The maximum atomic E-state index is 13.8. The monoisotopic (exact) mass is 485 g/mol. The Morgan fingerprint density at radius 3 is 2.56 bits per heavy atom. The van der Waals surface area contributed by atoms with Gasteiger partial charge in [0.2, 0.25) is 17.7 Å². The molecule has 3 heterocycles. The highest BCUT2D eigenvalue weighted by Gasteiger charge is 2.73. The summed E-state index contributed by atoms with van der Waals surface area (Å²) in [4.78, 5) is 42.6. The predicted molar refractivity (Wildman–Crippen MR) is 129 cm³/mol. The minimum atomic E-state index is -1.12. The van der Waals surface area contributed by atoms with Crippen molar-refractivity contribution in [2.75, 3.05) is 5.32 Å². The van der Waals surface area contributed by atoms with Crippen molar-refractivity contribution >= 4 is 35.0 Å². The smallest absolute Gasteiger partial charge is 0.246 e. The molecular formula is C26H32ClN3O4. The summed E-state index contributed by atoms with van der Waals surface area (Å²) < 4.78 is 6.38. The number of halogens is 1. The number of ether oxygens (including phenoxy) is 1. The molecule has 2 bridgehead atoms. The van der Waals surface area contributed by atoms with Crippen LogP contribution in [-0.4, -0.2) is 52.5 Å². The Kier molecular flexibility index (Phi) is 6.19. The normalized spacial score (nSPS) is 33.1. The molecule has 0 aromatic heterocycles. The van der Waals surface area contributed by atoms with Crippen LogP contribution >= 0.6 is 11.6 Å². The first-order valence-electron chi connectivity index (χ1n) is 12.4. The van der Waals surface area contributed by atoms with E-state index in [2.05, 4.69) is 10.6 Å². The van der Waals surface area contributed by atoms with Gasteiger partial charge in [0.1, 0.15) is 11.6 Å². The third kappa shape index (κ3) is 3.73. The van der Waals surface area contributed by atoms with E-state index in [-0.39, 0.29) is 29.8 Å². The number of carbonyl (C=O) groups excluding carboxylic acids is 3. The molecule has 3 aliphatic heterocycles. The summed E-state index contributed by atoms with van der Waals surface area (Å²) in [5.41, 5.74) is -0.516. The molecule has 2 saturated heterocycles. The van der Waals surface area contributed by atoms with Crippen molar-refractivity contribution in [1.82, 2.24) is 10.2 Å². The Labute approximate surface area is 205 Å². The Bertz CT molecular complexity index is 1010. The second kappa shape index (κ2) is 9.00. The molecule has 34 heavy (non-hydrogen) atoms. The van der Waals surface area contributed by atoms with Crippen LogP contribution in [0.2, 0.25) is 5.02 Å². The maximum Gasteiger partial charge on any atom is 0.246 e. The zero-order valence-corrected chi connectivity index (χ0v) is 20.4. The largest absolute Gasteiger partial charge is 0.359 e. The molecule has 5 rings (SSSR count). The lowest BCUT2D eigenvalue weighted by atomic mass is 9.74. The van der Waals surface area contributed by atoms with Crippen molar-refractivity contribution in [3.63, 3.8) is 0 Å². The summed E-state index contributed by atoms with van der Waals surface area (Å²) in [5.74, 6) is -2.07. The van der Waals surface area contributed by atoms with Gasteiger partial charge in [0.15, 0.2) is 0 Å². The van der Waals surface area contributed by atoms with Crippen LogP contribution in [0.15, 0.2) is 36.4 Å². The van der Waals surface area contributed by atoms with Gasteiger partial charge in [0.05, 0.1) is 17.9 Å². The van der Waals surface area contributed by atoms with Crippen LogP contribution in [0.25, 0.3) is 0 Å². The average Bonchev–Trinajstić information content (AvgIpc) is 3.48. The third-order valence-electron chi connectivity index (χ3n) is 7.99. The van der Waals surface area contributed by atoms with E-state index in [9.17, 15) is 14.4 Å². The number of likely N-dealkylation sites (tertiary alicyclic amines) is 1. The number of hydrogen-bond acceptors (Lipinski definition) is 4. The van der Waals surface area contributed by atoms with Gasteiger partial charge in [-0.15, -0.1) is 0 Å². The molecule has 1 spiro atoms. The number of amides is 3. The van der Waals surface area contributed by atoms with Crippen molar-refractivity contribution in [3.05, 3.63) is 41.4 Å². The Hall–Kier alpha value is -2.38. The molecule has 1 saturated carbocycles. The van der Waals surface area contributed by atoms with Crippen LogP contribution in [0.5, 0.6) is 0 Å². The molecule has 0 radical (unpaired) electrons. The van der Waals surface area contributed by atoms with Crippen LogP contribution in [0.1, 0.15) is 52.4 Å². The van der Waals surface area contributed by atoms with Crippen LogP contribution in [0.4, 0.5) is 5.69 Å². The zero-order chi connectivity index (χ0) is 24.0. The van der Waals surface area contributed by atoms with Gasteiger partial charge in [0.25, 0.3) is 0 Å². The second-order valence-corrected chi connectivity index (χ2v) is 10.5. The number of nitrogens with one attached hydrogen (secondary N) is 2. The molecule has 7 nitrogen and oxygen atoms in total. The summed E-state index contributed by atoms with van der Waals surface area (Å²) in [7, 11) is 0. The molecule has 6 atom stereocenters. The van der Waals surface area contributed by atoms with Gasteiger partial charge in [-0.3, -0.25) is 14.4 Å². The first kappa shape index (κ1) is 23.4. The fourth-order valence-corrected chi connectivity index (χ4v) is 6.29. The number of carbonyl (C=O) groups is 3. The van der Waals surface area contributed by atoms with E-state index >= 15 is 0 Å². The highest BCUT2D eigenvalue weighted by atomic mass is 35.5. The molecule has 0 unspecified atom stereocenters. The molecule has 2 N–H and O–H groups in total. The van der Waals surface area contributed by atoms with Crippen molar-refractivity contribution in [1.29, 1.82) is 0 Å². The van der Waals surface area contributed by atoms with Crippen molar-refractivity contribution in [3.8, 4) is 0 Å². The lowest BCUT2D eigenvalue weighted by molar-refractivity contribution is -0.143. The Balaban J connectivity index is 1.44. The number of benzene rings is 1. The molecule has 1 aromatic rings. The molecule has 4 aliphatic rings. The van der Waals surface area contributed by atoms with E-state index in [0.717, 1.165) is 25.7 Å². The Morgan fingerprint density at radius 1 is 1.18 bits per heavy atom. The second-order valence-electron chi connectivity index (χ2n) is 10.0. The average molecular weight is 486 g/mol. The number of nitrogens with zero attached hydrogens (tertiary/aromatic N) is 1. The van der Waals surface area contributed by atoms with Gasteiger partial charge in [-0.2, -0.15) is 0 Å². The SMILES string of the molecule is CC[C@H](C)N1C(=O)[C@H]2[C@H](C(=O)Nc3ccc(Cl)cc3)[C@H]3C=C[C@@]2(O3)[C@@H]1C(=O)NC1CCCCC1. The highest BCUT2D eigenvalue weighted by molar-refractivity contribution is 6.30. The molecule has 3 amide bonds. The summed E-state index contributed by atoms with van der Waals surface area (Å²) in [6, 6.07) is 6.05. The molecule has 8 heteroatoms. The fourth-order valence-electron chi connectivity index (χ4n) is 6.16. The first-order valence-corrected chi connectivity index (χ1v) is 12.8. The van der Waals surface area contributed by atoms with Crippen molar-refractivity contribution in [2.45, 2.75) is 82.2 Å². The minimum absolute atomic E-state index is 0.122. The van der Waals surface area contributed by atoms with Gasteiger partial charge in [-0.1, -0.05) is 49.9 Å². The lowest BCUT2D eigenvalue weighted by Gasteiger charge is -2.36. The molecular weight excluding hydrogens is 454 g/mol. The highest BCUT2D eigenvalue weighted by Crippen LogP contribution is 2.55. The predicted octanol–water partition coefficient (Wildman–Crippen LogP) is 3.68. The van der Waals surface area contributed by atoms with Crippen molar-refractivity contribution in [2.24, 2.45) is 11.8 Å². The summed E-state index contributed by atoms with van der Waals surface area (Å²) in [6.45, 7) is 3.95. The van der Waals surface area contributed by atoms with E-state index in [1.54, 1.807) is 29.2 Å². The molecule has 182 valence electrons. The summed E-state index contributed by atoms with van der Waals surface area (Å²) in [6.07, 6.45) is 9.18. The quantitative estimate of drug-likeness (QED) is 0.602. The molecule has 3 fully saturated rings. The van der Waals surface area contributed by atoms with Gasteiger partial charge in [-0.25, -0.2) is 0 Å². The van der Waals surface area contributed by atoms with Crippen LogP contribution in [0.3, 0.4) is 0 Å². The summed E-state index contributed by atoms with van der Waals surface area (Å²) in [5, 5.41) is 6.69. The number of fused-ring (bicyclic) bond motifs is 1.